The van der Waals surface area contributed by atoms with E-state index in [1.165, 1.54) is 6.07 Å². The molecular weight excluding hydrogens is 243 g/mol. The van der Waals surface area contributed by atoms with Crippen molar-refractivity contribution in [3.63, 3.8) is 0 Å². The molecule has 1 aromatic rings. The van der Waals surface area contributed by atoms with Gasteiger partial charge in [0.25, 0.3) is 0 Å². The summed E-state index contributed by atoms with van der Waals surface area (Å²) in [5, 5.41) is 9.55. The Morgan fingerprint density at radius 2 is 2.00 bits per heavy atom. The van der Waals surface area contributed by atoms with Gasteiger partial charge in [-0.15, -0.1) is 0 Å². The summed E-state index contributed by atoms with van der Waals surface area (Å²) >= 11 is 8.69. The van der Waals surface area contributed by atoms with Crippen LogP contribution in [0, 0.1) is 0 Å². The van der Waals surface area contributed by atoms with Crippen LogP contribution in [-0.4, -0.2) is 56.5 Å². The predicted molar refractivity (Wildman–Crippen MR) is 48.0 cm³/mol. The van der Waals surface area contributed by atoms with E-state index in [1.807, 2.05) is 0 Å². The monoisotopic (exact) mass is 246 g/mol. The third kappa shape index (κ3) is 3.22. The van der Waals surface area contributed by atoms with Gasteiger partial charge in [0.15, 0.2) is 0 Å². The molecule has 0 saturated heterocycles. The number of aromatic hydroxyl groups is 1. The van der Waals surface area contributed by atoms with Crippen LogP contribution in [0.15, 0.2) is 22.7 Å². The molecule has 0 fully saturated rings. The molecule has 0 heterocycles. The number of halogens is 2. The third-order valence-corrected chi connectivity index (χ3v) is 1.78. The first-order valence-corrected chi connectivity index (χ1v) is 3.51. The van der Waals surface area contributed by atoms with Crippen molar-refractivity contribution in [3.8, 4) is 5.75 Å². The summed E-state index contributed by atoms with van der Waals surface area (Å²) in [6.45, 7) is 0. The fourth-order valence-corrected chi connectivity index (χ4v) is 1.16. The van der Waals surface area contributed by atoms with Gasteiger partial charge in [-0.3, -0.25) is 0 Å². The number of phenolic OH excluding ortho intramolecular Hbond substituents is 1. The van der Waals surface area contributed by atoms with Crippen molar-refractivity contribution in [1.82, 2.24) is 0 Å². The topological polar surface area (TPSA) is 20.2 Å². The van der Waals surface area contributed by atoms with Gasteiger partial charge in [-0.2, -0.15) is 0 Å². The van der Waals surface area contributed by atoms with Gasteiger partial charge in [-0.25, -0.2) is 0 Å². The zero-order valence-corrected chi connectivity index (χ0v) is 6.78. The molecule has 0 radical (unpaired) electrons. The first-order chi connectivity index (χ1) is 4.20. The summed E-state index contributed by atoms with van der Waals surface area (Å²) in [6.07, 6.45) is 0. The molecule has 1 N–H and O–H groups in total. The molecule has 0 saturated carbocycles. The molecule has 0 bridgehead atoms. The number of hydrogen-bond acceptors (Lipinski definition) is 1. The third-order valence-electron chi connectivity index (χ3n) is 0.910. The van der Waals surface area contributed by atoms with Crippen LogP contribution in [0.3, 0.4) is 0 Å². The summed E-state index contributed by atoms with van der Waals surface area (Å²) in [4.78, 5) is 0. The van der Waals surface area contributed by atoms with Crippen LogP contribution in [0.5, 0.6) is 5.75 Å². The quantitative estimate of drug-likeness (QED) is 0.697. The van der Waals surface area contributed by atoms with E-state index in [0.717, 1.165) is 0 Å². The molecule has 1 aromatic carbocycles. The van der Waals surface area contributed by atoms with E-state index in [-0.39, 0.29) is 57.1 Å². The molecule has 0 amide bonds. The predicted octanol–water partition coefficient (Wildman–Crippen LogP) is 2.16. The molecule has 0 aromatic heterocycles. The van der Waals surface area contributed by atoms with E-state index < -0.39 is 0 Å². The average molecular weight is 248 g/mol. The van der Waals surface area contributed by atoms with Crippen LogP contribution in [0.2, 0.25) is 5.02 Å². The first-order valence-electron chi connectivity index (χ1n) is 2.34. The Morgan fingerprint density at radius 1 is 1.40 bits per heavy atom. The van der Waals surface area contributed by atoms with Crippen molar-refractivity contribution >= 4 is 78.9 Å². The second kappa shape index (κ2) is 5.14. The van der Waals surface area contributed by atoms with Gasteiger partial charge < -0.3 is 5.11 Å². The standard InChI is InChI=1S/C6H4BrClO.K.H/c7-5-3-4(8)1-2-6(5)9;;/h1-3,9H;;. The van der Waals surface area contributed by atoms with Crippen LogP contribution in [0.4, 0.5) is 0 Å². The van der Waals surface area contributed by atoms with Crippen LogP contribution >= 0.6 is 27.5 Å². The van der Waals surface area contributed by atoms with Crippen molar-refractivity contribution in [2.24, 2.45) is 0 Å². The van der Waals surface area contributed by atoms with E-state index in [0.29, 0.717) is 9.50 Å². The maximum absolute atomic E-state index is 8.94. The van der Waals surface area contributed by atoms with Crippen molar-refractivity contribution in [2.45, 2.75) is 0 Å². The fourth-order valence-electron chi connectivity index (χ4n) is 0.481. The Kier molecular flexibility index (Phi) is 5.87. The number of phenols is 1. The molecule has 4 heteroatoms. The van der Waals surface area contributed by atoms with E-state index in [4.69, 9.17) is 16.7 Å². The van der Waals surface area contributed by atoms with E-state index in [9.17, 15) is 0 Å². The van der Waals surface area contributed by atoms with Gasteiger partial charge in [0.05, 0.1) is 4.47 Å². The van der Waals surface area contributed by atoms with Gasteiger partial charge in [-0.1, -0.05) is 11.6 Å². The van der Waals surface area contributed by atoms with Crippen molar-refractivity contribution < 1.29 is 5.11 Å². The second-order valence-electron chi connectivity index (χ2n) is 1.60. The van der Waals surface area contributed by atoms with Gasteiger partial charge in [0, 0.05) is 5.02 Å². The second-order valence-corrected chi connectivity index (χ2v) is 2.89. The number of rotatable bonds is 0. The molecule has 0 aliphatic rings. The van der Waals surface area contributed by atoms with Gasteiger partial charge in [0.2, 0.25) is 0 Å². The summed E-state index contributed by atoms with van der Waals surface area (Å²) in [5.74, 6) is 0.208. The number of benzene rings is 1. The Hall–Kier alpha value is 1.43. The minimum absolute atomic E-state index is 0. The molecule has 50 valence electrons. The first kappa shape index (κ1) is 11.4. The maximum atomic E-state index is 8.94. The summed E-state index contributed by atoms with van der Waals surface area (Å²) in [7, 11) is 0. The van der Waals surface area contributed by atoms with Crippen LogP contribution < -0.4 is 0 Å². The van der Waals surface area contributed by atoms with Crippen molar-refractivity contribution in [3.05, 3.63) is 27.7 Å². The summed E-state index contributed by atoms with van der Waals surface area (Å²) in [6, 6.07) is 4.80. The Balaban J connectivity index is 0.000000810. The zero-order valence-electron chi connectivity index (χ0n) is 4.44. The molecule has 0 aliphatic heterocycles. The molecule has 0 unspecified atom stereocenters. The molecule has 1 nitrogen and oxygen atoms in total. The Morgan fingerprint density at radius 3 is 2.40 bits per heavy atom. The van der Waals surface area contributed by atoms with Crippen molar-refractivity contribution in [1.29, 1.82) is 0 Å². The Labute approximate surface area is 115 Å². The SMILES string of the molecule is Oc1ccc(Cl)cc1Br.[KH]. The summed E-state index contributed by atoms with van der Waals surface area (Å²) in [5.41, 5.74) is 0. The molecule has 0 atom stereocenters. The van der Waals surface area contributed by atoms with E-state index in [2.05, 4.69) is 15.9 Å². The van der Waals surface area contributed by atoms with Crippen LogP contribution in [-0.2, 0) is 0 Å². The summed E-state index contributed by atoms with van der Waals surface area (Å²) < 4.78 is 0.620. The fraction of sp³-hybridized carbons (Fsp3) is 0. The zero-order chi connectivity index (χ0) is 6.85. The van der Waals surface area contributed by atoms with E-state index >= 15 is 0 Å². The average Bonchev–Trinajstić information content (AvgIpc) is 1.80. The normalized spacial score (nSPS) is 8.60. The van der Waals surface area contributed by atoms with E-state index in [1.54, 1.807) is 12.1 Å². The van der Waals surface area contributed by atoms with Gasteiger partial charge >= 0.3 is 51.4 Å². The molecule has 10 heavy (non-hydrogen) atoms. The van der Waals surface area contributed by atoms with Crippen molar-refractivity contribution in [2.75, 3.05) is 0 Å². The number of hydrogen-bond donors (Lipinski definition) is 1. The van der Waals surface area contributed by atoms with Crippen LogP contribution in [0.1, 0.15) is 0 Å². The van der Waals surface area contributed by atoms with Gasteiger partial charge in [-0.05, 0) is 34.1 Å². The molecule has 0 aliphatic carbocycles. The molecule has 1 rings (SSSR count). The Bertz CT molecular complexity index is 229. The molecule has 0 spiro atoms. The molecular formula is C6H5BrClKO. The van der Waals surface area contributed by atoms with Gasteiger partial charge in [0.1, 0.15) is 5.75 Å². The minimum atomic E-state index is 0. The van der Waals surface area contributed by atoms with Crippen LogP contribution in [0.25, 0.3) is 0 Å².